The van der Waals surface area contributed by atoms with Crippen LogP contribution >= 0.6 is 0 Å². The van der Waals surface area contributed by atoms with Crippen LogP contribution in [0.4, 0.5) is 26.3 Å². The highest BCUT2D eigenvalue weighted by Crippen LogP contribution is 2.63. The average molecular weight is 402 g/mol. The Balaban J connectivity index is 1.60. The Kier molecular flexibility index (Phi) is 3.95. The van der Waals surface area contributed by atoms with Crippen molar-refractivity contribution in [3.63, 3.8) is 0 Å². The molecule has 4 bridgehead atoms. The number of hydrogen-bond acceptors (Lipinski definition) is 4. The van der Waals surface area contributed by atoms with E-state index in [1.54, 1.807) is 0 Å². The molecule has 2 unspecified atom stereocenters. The number of carbonyl (C=O) groups excluding carboxylic acids is 1. The molecule has 5 rings (SSSR count). The lowest BCUT2D eigenvalue weighted by molar-refractivity contribution is -0.355. The molecule has 1 spiro atoms. The van der Waals surface area contributed by atoms with Crippen molar-refractivity contribution in [1.82, 2.24) is 0 Å². The lowest BCUT2D eigenvalue weighted by Crippen LogP contribution is -2.66. The minimum atomic E-state index is -4.36. The highest BCUT2D eigenvalue weighted by molar-refractivity contribution is 5.77. The molecule has 2 atom stereocenters. The zero-order valence-electron chi connectivity index (χ0n) is 14.6. The third-order valence-electron chi connectivity index (χ3n) is 6.43. The fourth-order valence-corrected chi connectivity index (χ4v) is 5.40. The molecule has 5 aliphatic rings. The fourth-order valence-electron chi connectivity index (χ4n) is 5.40. The van der Waals surface area contributed by atoms with E-state index in [1.807, 2.05) is 0 Å². The monoisotopic (exact) mass is 402 g/mol. The van der Waals surface area contributed by atoms with Gasteiger partial charge in [-0.2, -0.15) is 26.3 Å². The van der Waals surface area contributed by atoms with Gasteiger partial charge in [-0.1, -0.05) is 0 Å². The minimum absolute atomic E-state index is 0.0166. The summed E-state index contributed by atoms with van der Waals surface area (Å²) in [7, 11) is 0. The predicted octanol–water partition coefficient (Wildman–Crippen LogP) is 3.78. The van der Waals surface area contributed by atoms with Gasteiger partial charge in [-0.05, 0) is 38.0 Å². The topological polar surface area (TPSA) is 44.8 Å². The summed E-state index contributed by atoms with van der Waals surface area (Å²) >= 11 is 0. The number of rotatable bonds is 2. The lowest BCUT2D eigenvalue weighted by atomic mass is 9.51. The number of esters is 1. The molecule has 1 aliphatic heterocycles. The highest BCUT2D eigenvalue weighted by atomic mass is 19.3. The van der Waals surface area contributed by atoms with Crippen molar-refractivity contribution in [1.29, 1.82) is 0 Å². The van der Waals surface area contributed by atoms with Gasteiger partial charge in [0.15, 0.2) is 5.79 Å². The maximum absolute atomic E-state index is 13.7. The molecule has 4 nitrogen and oxygen atoms in total. The predicted molar refractivity (Wildman–Crippen MR) is 77.5 cm³/mol. The van der Waals surface area contributed by atoms with Crippen LogP contribution in [-0.2, 0) is 19.0 Å². The summed E-state index contributed by atoms with van der Waals surface area (Å²) in [6, 6.07) is 0. The zero-order valence-corrected chi connectivity index (χ0v) is 14.6. The van der Waals surface area contributed by atoms with Crippen molar-refractivity contribution in [2.75, 3.05) is 13.2 Å². The fraction of sp³-hybridized carbons (Fsp3) is 0.941. The Morgan fingerprint density at radius 2 is 1.44 bits per heavy atom. The summed E-state index contributed by atoms with van der Waals surface area (Å²) in [6.07, 6.45) is 1.47. The zero-order chi connectivity index (χ0) is 19.9. The van der Waals surface area contributed by atoms with Crippen LogP contribution < -0.4 is 0 Å². The number of hydrogen-bond donors (Lipinski definition) is 0. The maximum atomic E-state index is 13.7. The van der Waals surface area contributed by atoms with Crippen LogP contribution in [0.2, 0.25) is 0 Å². The summed E-state index contributed by atoms with van der Waals surface area (Å²) in [6.45, 7) is -2.51. The van der Waals surface area contributed by atoms with Crippen LogP contribution in [0.3, 0.4) is 0 Å². The Morgan fingerprint density at radius 1 is 0.963 bits per heavy atom. The largest absolute Gasteiger partial charge is 0.455 e. The van der Waals surface area contributed by atoms with Crippen molar-refractivity contribution >= 4 is 5.97 Å². The van der Waals surface area contributed by atoms with Crippen LogP contribution in [0.5, 0.6) is 0 Å². The van der Waals surface area contributed by atoms with E-state index in [0.29, 0.717) is 26.2 Å². The first kappa shape index (κ1) is 19.3. The number of alkyl halides is 6. The van der Waals surface area contributed by atoms with Gasteiger partial charge in [0.25, 0.3) is 0 Å². The van der Waals surface area contributed by atoms with E-state index < -0.39 is 60.2 Å². The molecule has 0 aromatic rings. The van der Waals surface area contributed by atoms with E-state index in [1.165, 1.54) is 0 Å². The molecule has 0 amide bonds. The van der Waals surface area contributed by atoms with Crippen LogP contribution in [0.15, 0.2) is 0 Å². The maximum Gasteiger partial charge on any atom is 0.377 e. The Bertz CT molecular complexity index is 610. The first-order chi connectivity index (χ1) is 12.3. The molecule has 1 saturated heterocycles. The number of carbonyl (C=O) groups is 1. The lowest BCUT2D eigenvalue weighted by Gasteiger charge is -2.63. The molecule has 5 fully saturated rings. The molecule has 4 saturated carbocycles. The van der Waals surface area contributed by atoms with Crippen molar-refractivity contribution in [3.05, 3.63) is 0 Å². The molecule has 27 heavy (non-hydrogen) atoms. The molecule has 1 heterocycles. The summed E-state index contributed by atoms with van der Waals surface area (Å²) < 4.78 is 97.2. The van der Waals surface area contributed by atoms with Crippen LogP contribution in [-0.4, -0.2) is 48.3 Å². The Labute approximate surface area is 151 Å². The van der Waals surface area contributed by atoms with Crippen LogP contribution in [0.25, 0.3) is 0 Å². The van der Waals surface area contributed by atoms with E-state index >= 15 is 0 Å². The van der Waals surface area contributed by atoms with Crippen molar-refractivity contribution in [2.45, 2.75) is 68.2 Å². The summed E-state index contributed by atoms with van der Waals surface area (Å²) in [5.41, 5.74) is -1.15. The van der Waals surface area contributed by atoms with E-state index in [0.717, 1.165) is 0 Å². The van der Waals surface area contributed by atoms with E-state index in [-0.39, 0.29) is 18.8 Å². The third kappa shape index (κ3) is 2.85. The summed E-state index contributed by atoms with van der Waals surface area (Å²) in [4.78, 5) is 11.7. The molecule has 0 radical (unpaired) electrons. The van der Waals surface area contributed by atoms with Crippen molar-refractivity contribution < 1.29 is 45.3 Å². The van der Waals surface area contributed by atoms with Gasteiger partial charge in [0.2, 0.25) is 0 Å². The van der Waals surface area contributed by atoms with Crippen molar-refractivity contribution in [2.24, 2.45) is 17.8 Å². The van der Waals surface area contributed by atoms with Gasteiger partial charge in [0.05, 0.1) is 0 Å². The molecule has 0 aromatic heterocycles. The molecule has 10 heteroatoms. The molecular weight excluding hydrogens is 382 g/mol. The second kappa shape index (κ2) is 5.52. The standard InChI is InChI=1S/C17H20F6O4/c1-13(18,19)12(24)27-14-4-9-2-10(5-14)17(11(3-9)6-14)25-7-15(20,21)16(22,23)8-26-17/h9-11H,2-8H2,1H3. The first-order valence-electron chi connectivity index (χ1n) is 8.93. The van der Waals surface area contributed by atoms with Gasteiger partial charge in [-0.15, -0.1) is 0 Å². The molecule has 4 aliphatic carbocycles. The number of ether oxygens (including phenoxy) is 3. The minimum Gasteiger partial charge on any atom is -0.455 e. The summed E-state index contributed by atoms with van der Waals surface area (Å²) in [5, 5.41) is 0. The third-order valence-corrected chi connectivity index (χ3v) is 6.43. The van der Waals surface area contributed by atoms with Gasteiger partial charge in [-0.3, -0.25) is 0 Å². The SMILES string of the molecule is CC(F)(F)C(=O)OC12CC3CC(C1)C1(OCC(F)(F)C(F)(F)CO1)C(C3)C2. The van der Waals surface area contributed by atoms with Gasteiger partial charge in [-0.25, -0.2) is 4.79 Å². The number of halogens is 6. The summed E-state index contributed by atoms with van der Waals surface area (Å²) in [5.74, 6) is -16.8. The molecule has 154 valence electrons. The quantitative estimate of drug-likeness (QED) is 0.521. The Hall–Kier alpha value is -1.03. The van der Waals surface area contributed by atoms with Crippen LogP contribution in [0.1, 0.15) is 39.0 Å². The van der Waals surface area contributed by atoms with Gasteiger partial charge < -0.3 is 14.2 Å². The van der Waals surface area contributed by atoms with Crippen molar-refractivity contribution in [3.8, 4) is 0 Å². The second-order valence-electron chi connectivity index (χ2n) is 8.51. The van der Waals surface area contributed by atoms with E-state index in [9.17, 15) is 31.1 Å². The average Bonchev–Trinajstić information content (AvgIpc) is 2.60. The highest BCUT2D eigenvalue weighted by Gasteiger charge is 2.70. The smallest absolute Gasteiger partial charge is 0.377 e. The van der Waals surface area contributed by atoms with E-state index in [2.05, 4.69) is 0 Å². The molecular formula is C17H20F6O4. The van der Waals surface area contributed by atoms with Gasteiger partial charge >= 0.3 is 23.7 Å². The molecule has 0 N–H and O–H groups in total. The van der Waals surface area contributed by atoms with Gasteiger partial charge in [0, 0.05) is 18.8 Å². The van der Waals surface area contributed by atoms with Gasteiger partial charge in [0.1, 0.15) is 18.8 Å². The Morgan fingerprint density at radius 3 is 1.89 bits per heavy atom. The molecule has 0 aromatic carbocycles. The second-order valence-corrected chi connectivity index (χ2v) is 8.51. The normalized spacial score (nSPS) is 41.4. The van der Waals surface area contributed by atoms with E-state index in [4.69, 9.17) is 14.2 Å². The first-order valence-corrected chi connectivity index (χ1v) is 8.93. The van der Waals surface area contributed by atoms with Crippen LogP contribution in [0, 0.1) is 17.8 Å².